The van der Waals surface area contributed by atoms with E-state index in [1.165, 1.54) is 20.0 Å². The Labute approximate surface area is 112 Å². The SMILES string of the molecule is COC(=O)C1C2CCCC2CN1Cc1ncnn1C. The van der Waals surface area contributed by atoms with E-state index >= 15 is 0 Å². The van der Waals surface area contributed by atoms with Crippen molar-refractivity contribution in [3.8, 4) is 0 Å². The van der Waals surface area contributed by atoms with Gasteiger partial charge in [0.05, 0.1) is 13.7 Å². The summed E-state index contributed by atoms with van der Waals surface area (Å²) < 4.78 is 6.76. The quantitative estimate of drug-likeness (QED) is 0.748. The third kappa shape index (κ3) is 2.14. The van der Waals surface area contributed by atoms with E-state index in [1.807, 2.05) is 7.05 Å². The molecule has 3 atom stereocenters. The van der Waals surface area contributed by atoms with Crippen LogP contribution in [0.5, 0.6) is 0 Å². The van der Waals surface area contributed by atoms with Gasteiger partial charge in [0.15, 0.2) is 0 Å². The molecule has 3 unspecified atom stereocenters. The van der Waals surface area contributed by atoms with Crippen LogP contribution in [-0.2, 0) is 23.1 Å². The van der Waals surface area contributed by atoms with E-state index in [0.29, 0.717) is 18.4 Å². The molecule has 2 fully saturated rings. The lowest BCUT2D eigenvalue weighted by Crippen LogP contribution is -2.40. The number of esters is 1. The highest BCUT2D eigenvalue weighted by Gasteiger charge is 2.48. The van der Waals surface area contributed by atoms with E-state index in [-0.39, 0.29) is 12.0 Å². The lowest BCUT2D eigenvalue weighted by molar-refractivity contribution is -0.147. The fourth-order valence-corrected chi connectivity index (χ4v) is 3.65. The van der Waals surface area contributed by atoms with Gasteiger partial charge in [-0.1, -0.05) is 6.42 Å². The number of aromatic nitrogens is 3. The molecule has 19 heavy (non-hydrogen) atoms. The molecule has 0 amide bonds. The first kappa shape index (κ1) is 12.6. The molecule has 0 aromatic carbocycles. The number of fused-ring (bicyclic) bond motifs is 1. The van der Waals surface area contributed by atoms with Crippen LogP contribution in [0.4, 0.5) is 0 Å². The van der Waals surface area contributed by atoms with Crippen molar-refractivity contribution in [3.05, 3.63) is 12.2 Å². The molecule has 1 aromatic heterocycles. The van der Waals surface area contributed by atoms with Crippen LogP contribution in [0.25, 0.3) is 0 Å². The fraction of sp³-hybridized carbons (Fsp3) is 0.769. The topological polar surface area (TPSA) is 60.2 Å². The minimum atomic E-state index is -0.103. The second-order valence-corrected chi connectivity index (χ2v) is 5.55. The number of nitrogens with zero attached hydrogens (tertiary/aromatic N) is 4. The molecule has 2 heterocycles. The van der Waals surface area contributed by atoms with E-state index < -0.39 is 0 Å². The number of aryl methyl sites for hydroxylation is 1. The van der Waals surface area contributed by atoms with Gasteiger partial charge in [0, 0.05) is 13.6 Å². The second-order valence-electron chi connectivity index (χ2n) is 5.55. The van der Waals surface area contributed by atoms with Crippen LogP contribution in [-0.4, -0.2) is 45.3 Å². The van der Waals surface area contributed by atoms with Crippen LogP contribution in [0.3, 0.4) is 0 Å². The summed E-state index contributed by atoms with van der Waals surface area (Å²) in [6.07, 6.45) is 5.16. The molecule has 0 bridgehead atoms. The second kappa shape index (κ2) is 4.92. The third-order valence-electron chi connectivity index (χ3n) is 4.58. The fourth-order valence-electron chi connectivity index (χ4n) is 3.65. The van der Waals surface area contributed by atoms with Gasteiger partial charge in [-0.15, -0.1) is 0 Å². The third-order valence-corrected chi connectivity index (χ3v) is 4.58. The molecule has 1 aromatic rings. The minimum absolute atomic E-state index is 0.100. The molecular formula is C13H20N4O2. The van der Waals surface area contributed by atoms with Gasteiger partial charge in [-0.05, 0) is 24.7 Å². The average Bonchev–Trinajstić information content (AvgIpc) is 3.06. The summed E-state index contributed by atoms with van der Waals surface area (Å²) in [6, 6.07) is -0.103. The Bertz CT molecular complexity index is 473. The van der Waals surface area contributed by atoms with Gasteiger partial charge in [-0.25, -0.2) is 4.98 Å². The standard InChI is InChI=1S/C13H20N4O2/c1-16-11(14-8-15-16)7-17-6-9-4-3-5-10(9)12(17)13(18)19-2/h8-10,12H,3-7H2,1-2H3. The average molecular weight is 264 g/mol. The molecule has 6 nitrogen and oxygen atoms in total. The highest BCUT2D eigenvalue weighted by molar-refractivity contribution is 5.76. The first-order valence-corrected chi connectivity index (χ1v) is 6.85. The lowest BCUT2D eigenvalue weighted by Gasteiger charge is -2.24. The summed E-state index contributed by atoms with van der Waals surface area (Å²) in [6.45, 7) is 1.64. The number of carbonyl (C=O) groups excluding carboxylic acids is 1. The first-order valence-electron chi connectivity index (χ1n) is 6.85. The van der Waals surface area contributed by atoms with Crippen molar-refractivity contribution in [1.29, 1.82) is 0 Å². The van der Waals surface area contributed by atoms with Crippen LogP contribution < -0.4 is 0 Å². The molecule has 6 heteroatoms. The monoisotopic (exact) mass is 264 g/mol. The zero-order valence-corrected chi connectivity index (χ0v) is 11.5. The van der Waals surface area contributed by atoms with Crippen LogP contribution in [0, 0.1) is 11.8 Å². The van der Waals surface area contributed by atoms with E-state index in [2.05, 4.69) is 15.0 Å². The number of rotatable bonds is 3. The Balaban J connectivity index is 1.80. The molecule has 1 saturated carbocycles. The van der Waals surface area contributed by atoms with E-state index in [1.54, 1.807) is 11.0 Å². The predicted octanol–water partition coefficient (Wildman–Crippen LogP) is 0.589. The van der Waals surface area contributed by atoms with E-state index in [9.17, 15) is 4.79 Å². The molecule has 1 aliphatic carbocycles. The summed E-state index contributed by atoms with van der Waals surface area (Å²) in [5.41, 5.74) is 0. The Morgan fingerprint density at radius 3 is 3.05 bits per heavy atom. The number of likely N-dealkylation sites (tertiary alicyclic amines) is 1. The molecule has 1 aliphatic heterocycles. The van der Waals surface area contributed by atoms with Gasteiger partial charge < -0.3 is 4.74 Å². The summed E-state index contributed by atoms with van der Waals surface area (Å²) in [5.74, 6) is 1.89. The normalized spacial score (nSPS) is 30.5. The molecule has 0 radical (unpaired) electrons. The first-order chi connectivity index (χ1) is 9.20. The summed E-state index contributed by atoms with van der Waals surface area (Å²) in [4.78, 5) is 18.5. The lowest BCUT2D eigenvalue weighted by atomic mass is 9.94. The summed E-state index contributed by atoms with van der Waals surface area (Å²) >= 11 is 0. The van der Waals surface area contributed by atoms with Gasteiger partial charge in [-0.2, -0.15) is 5.10 Å². The van der Waals surface area contributed by atoms with E-state index in [0.717, 1.165) is 18.8 Å². The molecule has 104 valence electrons. The Hall–Kier alpha value is -1.43. The molecule has 0 N–H and O–H groups in total. The van der Waals surface area contributed by atoms with Crippen molar-refractivity contribution in [1.82, 2.24) is 19.7 Å². The Morgan fingerprint density at radius 2 is 2.37 bits per heavy atom. The van der Waals surface area contributed by atoms with Gasteiger partial charge in [0.1, 0.15) is 18.2 Å². The molecule has 3 rings (SSSR count). The van der Waals surface area contributed by atoms with Gasteiger partial charge >= 0.3 is 5.97 Å². The van der Waals surface area contributed by atoms with Gasteiger partial charge in [0.2, 0.25) is 0 Å². The van der Waals surface area contributed by atoms with Crippen LogP contribution in [0.15, 0.2) is 6.33 Å². The maximum atomic E-state index is 12.1. The van der Waals surface area contributed by atoms with Gasteiger partial charge in [0.25, 0.3) is 0 Å². The van der Waals surface area contributed by atoms with Crippen LogP contribution in [0.1, 0.15) is 25.1 Å². The van der Waals surface area contributed by atoms with Crippen molar-refractivity contribution in [2.45, 2.75) is 31.8 Å². The highest BCUT2D eigenvalue weighted by atomic mass is 16.5. The summed E-state index contributed by atoms with van der Waals surface area (Å²) in [7, 11) is 3.36. The maximum Gasteiger partial charge on any atom is 0.323 e. The molecule has 2 aliphatic rings. The largest absolute Gasteiger partial charge is 0.468 e. The van der Waals surface area contributed by atoms with Gasteiger partial charge in [-0.3, -0.25) is 14.4 Å². The zero-order chi connectivity index (χ0) is 13.4. The number of ether oxygens (including phenoxy) is 1. The minimum Gasteiger partial charge on any atom is -0.468 e. The van der Waals surface area contributed by atoms with Crippen molar-refractivity contribution in [2.24, 2.45) is 18.9 Å². The number of methoxy groups -OCH3 is 1. The van der Waals surface area contributed by atoms with Crippen LogP contribution >= 0.6 is 0 Å². The summed E-state index contributed by atoms with van der Waals surface area (Å²) in [5, 5.41) is 4.08. The number of carbonyl (C=O) groups is 1. The van der Waals surface area contributed by atoms with Crippen molar-refractivity contribution in [3.63, 3.8) is 0 Å². The van der Waals surface area contributed by atoms with Crippen molar-refractivity contribution >= 4 is 5.97 Å². The Kier molecular flexibility index (Phi) is 3.26. The highest BCUT2D eigenvalue weighted by Crippen LogP contribution is 2.42. The number of hydrogen-bond acceptors (Lipinski definition) is 5. The molecule has 0 spiro atoms. The Morgan fingerprint density at radius 1 is 1.53 bits per heavy atom. The van der Waals surface area contributed by atoms with Crippen molar-refractivity contribution < 1.29 is 9.53 Å². The molecular weight excluding hydrogens is 244 g/mol. The van der Waals surface area contributed by atoms with Crippen molar-refractivity contribution in [2.75, 3.05) is 13.7 Å². The van der Waals surface area contributed by atoms with E-state index in [4.69, 9.17) is 4.74 Å². The molecule has 1 saturated heterocycles. The van der Waals surface area contributed by atoms with Crippen LogP contribution in [0.2, 0.25) is 0 Å². The smallest absolute Gasteiger partial charge is 0.323 e. The zero-order valence-electron chi connectivity index (χ0n) is 11.5. The predicted molar refractivity (Wildman–Crippen MR) is 68.0 cm³/mol. The maximum absolute atomic E-state index is 12.1. The number of hydrogen-bond donors (Lipinski definition) is 0.